The lowest BCUT2D eigenvalue weighted by Crippen LogP contribution is -2.49. The highest BCUT2D eigenvalue weighted by atomic mass is 19.3. The molecule has 4 rings (SSSR count). The number of methoxy groups -OCH3 is 1. The van der Waals surface area contributed by atoms with E-state index in [1.54, 1.807) is 44.2 Å². The second-order valence-electron chi connectivity index (χ2n) is 8.01. The lowest BCUT2D eigenvalue weighted by atomic mass is 9.68. The quantitative estimate of drug-likeness (QED) is 0.519. The summed E-state index contributed by atoms with van der Waals surface area (Å²) >= 11 is 0. The molecular formula is C22H18F7NO. The molecule has 0 saturated heterocycles. The van der Waals surface area contributed by atoms with Gasteiger partial charge in [0.1, 0.15) is 5.76 Å². The first-order valence-electron chi connectivity index (χ1n) is 9.41. The number of aromatic nitrogens is 1. The molecule has 0 amide bonds. The van der Waals surface area contributed by atoms with Crippen molar-refractivity contribution in [1.82, 2.24) is 4.98 Å². The van der Waals surface area contributed by atoms with Crippen LogP contribution in [0.15, 0.2) is 54.1 Å². The number of aromatic amines is 1. The summed E-state index contributed by atoms with van der Waals surface area (Å²) in [6.07, 6.45) is 4.94. The van der Waals surface area contributed by atoms with Crippen LogP contribution in [0.3, 0.4) is 0 Å². The molecule has 2 aromatic rings. The van der Waals surface area contributed by atoms with Crippen molar-refractivity contribution in [3.63, 3.8) is 0 Å². The number of alkyl halides is 6. The van der Waals surface area contributed by atoms with E-state index in [2.05, 4.69) is 4.98 Å². The smallest absolute Gasteiger partial charge is 0.383 e. The molecule has 1 aromatic carbocycles. The summed E-state index contributed by atoms with van der Waals surface area (Å²) in [5, 5.41) is 0.323. The molecule has 9 heteroatoms. The zero-order valence-electron chi connectivity index (χ0n) is 16.7. The summed E-state index contributed by atoms with van der Waals surface area (Å²) in [5.74, 6) is -19.9. The molecule has 2 atom stereocenters. The van der Waals surface area contributed by atoms with Gasteiger partial charge in [-0.15, -0.1) is 0 Å². The predicted molar refractivity (Wildman–Crippen MR) is 102 cm³/mol. The number of para-hydroxylation sites is 1. The van der Waals surface area contributed by atoms with Gasteiger partial charge < -0.3 is 9.72 Å². The van der Waals surface area contributed by atoms with Gasteiger partial charge in [0.2, 0.25) is 0 Å². The first kappa shape index (κ1) is 21.5. The van der Waals surface area contributed by atoms with Crippen molar-refractivity contribution in [2.45, 2.75) is 37.0 Å². The van der Waals surface area contributed by atoms with E-state index < -0.39 is 40.3 Å². The Kier molecular flexibility index (Phi) is 4.44. The highest BCUT2D eigenvalue weighted by molar-refractivity contribution is 5.93. The van der Waals surface area contributed by atoms with Gasteiger partial charge in [0, 0.05) is 16.3 Å². The largest absolute Gasteiger partial charge is 0.497 e. The van der Waals surface area contributed by atoms with Crippen molar-refractivity contribution in [3.05, 3.63) is 65.3 Å². The fraction of sp³-hybridized carbons (Fsp3) is 0.364. The minimum Gasteiger partial charge on any atom is -0.497 e. The third-order valence-corrected chi connectivity index (χ3v) is 6.27. The molecule has 0 fully saturated rings. The number of hydrogen-bond acceptors (Lipinski definition) is 1. The molecule has 31 heavy (non-hydrogen) atoms. The third-order valence-electron chi connectivity index (χ3n) is 6.27. The third kappa shape index (κ3) is 2.58. The summed E-state index contributed by atoms with van der Waals surface area (Å²) in [6.45, 7) is 3.37. The van der Waals surface area contributed by atoms with Crippen LogP contribution in [0.2, 0.25) is 0 Å². The first-order valence-corrected chi connectivity index (χ1v) is 9.41. The number of rotatable bonds is 3. The van der Waals surface area contributed by atoms with Crippen LogP contribution < -0.4 is 0 Å². The van der Waals surface area contributed by atoms with Crippen LogP contribution in [0.1, 0.15) is 25.1 Å². The van der Waals surface area contributed by atoms with Gasteiger partial charge in [0.05, 0.1) is 18.4 Å². The molecule has 0 bridgehead atoms. The number of benzene rings is 1. The normalized spacial score (nSPS) is 28.8. The Bertz CT molecular complexity index is 1160. The van der Waals surface area contributed by atoms with Gasteiger partial charge in [-0.2, -0.15) is 26.3 Å². The Hall–Kier alpha value is -2.71. The zero-order valence-corrected chi connectivity index (χ0v) is 16.7. The molecule has 2 nitrogen and oxygen atoms in total. The molecule has 0 saturated carbocycles. The highest BCUT2D eigenvalue weighted by Gasteiger charge is 2.81. The summed E-state index contributed by atoms with van der Waals surface area (Å²) in [5.41, 5.74) is -3.74. The standard InChI is InChI=1S/C22H18F7NO/c1-11-8-9-12(31-3)10-19(11,2)15-13-6-4-5-7-14(13)30-17(15)16-18(23)21(26,27)22(28,29)20(16,24)25/h4-11,30H,1-3H3. The lowest BCUT2D eigenvalue weighted by Gasteiger charge is -2.36. The monoisotopic (exact) mass is 445 g/mol. The van der Waals surface area contributed by atoms with E-state index in [-0.39, 0.29) is 17.0 Å². The van der Waals surface area contributed by atoms with Crippen molar-refractivity contribution in [2.75, 3.05) is 7.11 Å². The summed E-state index contributed by atoms with van der Waals surface area (Å²) in [6, 6.07) is 6.13. The Labute approximate surface area is 173 Å². The van der Waals surface area contributed by atoms with Crippen molar-refractivity contribution in [1.29, 1.82) is 0 Å². The van der Waals surface area contributed by atoms with Crippen molar-refractivity contribution in [3.8, 4) is 0 Å². The fourth-order valence-electron chi connectivity index (χ4n) is 4.28. The number of nitrogens with one attached hydrogen (secondary N) is 1. The molecular weight excluding hydrogens is 427 g/mol. The Morgan fingerprint density at radius 1 is 1.00 bits per heavy atom. The van der Waals surface area contributed by atoms with Crippen molar-refractivity contribution < 1.29 is 35.5 Å². The van der Waals surface area contributed by atoms with E-state index in [9.17, 15) is 30.7 Å². The first-order chi connectivity index (χ1) is 14.3. The predicted octanol–water partition coefficient (Wildman–Crippen LogP) is 6.76. The number of allylic oxidation sites excluding steroid dienone is 5. The zero-order chi connectivity index (χ0) is 23.0. The summed E-state index contributed by atoms with van der Waals surface area (Å²) in [4.78, 5) is 2.50. The maximum atomic E-state index is 14.7. The number of fused-ring (bicyclic) bond motifs is 1. The molecule has 1 N–H and O–H groups in total. The molecule has 0 aliphatic heterocycles. The van der Waals surface area contributed by atoms with E-state index in [1.807, 2.05) is 0 Å². The summed E-state index contributed by atoms with van der Waals surface area (Å²) < 4.78 is 105. The van der Waals surface area contributed by atoms with E-state index in [0.717, 1.165) is 0 Å². The van der Waals surface area contributed by atoms with Gasteiger partial charge in [-0.05, 0) is 29.7 Å². The van der Waals surface area contributed by atoms with Crippen LogP contribution in [-0.4, -0.2) is 29.9 Å². The molecule has 2 unspecified atom stereocenters. The van der Waals surface area contributed by atoms with Gasteiger partial charge in [-0.25, -0.2) is 4.39 Å². The van der Waals surface area contributed by atoms with Crippen molar-refractivity contribution >= 4 is 16.5 Å². The van der Waals surface area contributed by atoms with Crippen LogP contribution in [-0.2, 0) is 10.2 Å². The second-order valence-corrected chi connectivity index (χ2v) is 8.01. The maximum absolute atomic E-state index is 14.7. The van der Waals surface area contributed by atoms with E-state index in [4.69, 9.17) is 4.74 Å². The van der Waals surface area contributed by atoms with Crippen LogP contribution in [0.5, 0.6) is 0 Å². The van der Waals surface area contributed by atoms with E-state index in [1.165, 1.54) is 19.2 Å². The second kappa shape index (κ2) is 6.40. The number of ether oxygens (including phenoxy) is 1. The minimum atomic E-state index is -5.92. The Balaban J connectivity index is 2.11. The minimum absolute atomic E-state index is 0.00725. The maximum Gasteiger partial charge on any atom is 0.383 e. The van der Waals surface area contributed by atoms with Gasteiger partial charge >= 0.3 is 17.8 Å². The van der Waals surface area contributed by atoms with Gasteiger partial charge in [-0.1, -0.05) is 38.1 Å². The van der Waals surface area contributed by atoms with Crippen molar-refractivity contribution in [2.24, 2.45) is 5.92 Å². The highest BCUT2D eigenvalue weighted by Crippen LogP contribution is 2.63. The number of hydrogen-bond donors (Lipinski definition) is 1. The van der Waals surface area contributed by atoms with Gasteiger partial charge in [0.25, 0.3) is 0 Å². The van der Waals surface area contributed by atoms with E-state index >= 15 is 0 Å². The molecule has 0 radical (unpaired) electrons. The molecule has 0 spiro atoms. The Morgan fingerprint density at radius 2 is 1.65 bits per heavy atom. The SMILES string of the molecule is COC1=CC(C)(c2c(C3=C(F)C(F)(F)C(F)(F)C3(F)F)[nH]c3ccccc23)C(C)C=C1. The van der Waals surface area contributed by atoms with Crippen LogP contribution in [0, 0.1) is 5.92 Å². The molecule has 1 aromatic heterocycles. The van der Waals surface area contributed by atoms with Gasteiger partial charge in [0.15, 0.2) is 5.83 Å². The van der Waals surface area contributed by atoms with E-state index in [0.29, 0.717) is 11.1 Å². The molecule has 2 aliphatic carbocycles. The topological polar surface area (TPSA) is 25.0 Å². The number of halogens is 7. The Morgan fingerprint density at radius 3 is 2.23 bits per heavy atom. The van der Waals surface area contributed by atoms with Crippen LogP contribution >= 0.6 is 0 Å². The van der Waals surface area contributed by atoms with Crippen LogP contribution in [0.4, 0.5) is 30.7 Å². The van der Waals surface area contributed by atoms with Gasteiger partial charge in [-0.3, -0.25) is 0 Å². The molecule has 166 valence electrons. The average molecular weight is 445 g/mol. The lowest BCUT2D eigenvalue weighted by molar-refractivity contribution is -0.263. The number of H-pyrrole nitrogens is 1. The molecule has 2 aliphatic rings. The average Bonchev–Trinajstić information content (AvgIpc) is 3.12. The fourth-order valence-corrected chi connectivity index (χ4v) is 4.28. The summed E-state index contributed by atoms with van der Waals surface area (Å²) in [7, 11) is 1.39. The molecule has 1 heterocycles. The van der Waals surface area contributed by atoms with Crippen LogP contribution in [0.25, 0.3) is 16.5 Å².